The van der Waals surface area contributed by atoms with Gasteiger partial charge < -0.3 is 4.90 Å². The highest BCUT2D eigenvalue weighted by molar-refractivity contribution is 7.90. The second-order valence-electron chi connectivity index (χ2n) is 6.67. The first-order chi connectivity index (χ1) is 13.1. The van der Waals surface area contributed by atoms with E-state index in [2.05, 4.69) is 0 Å². The standard InChI is InChI=1S/C21H18ClF2NO2S/c1-25(2)14-6-9-16(19(22)10-14)18-12-21(24)20(23)11-17(18)13-4-7-15(8-5-13)28(3,26)27/h4-12H,1-3H3. The van der Waals surface area contributed by atoms with Gasteiger partial charge in [-0.15, -0.1) is 0 Å². The van der Waals surface area contributed by atoms with Crippen molar-refractivity contribution in [1.29, 1.82) is 0 Å². The number of nitrogens with zero attached hydrogens (tertiary/aromatic N) is 1. The number of anilines is 1. The van der Waals surface area contributed by atoms with Crippen LogP contribution in [0.1, 0.15) is 0 Å². The summed E-state index contributed by atoms with van der Waals surface area (Å²) in [5.74, 6) is -1.98. The Kier molecular flexibility index (Phi) is 5.46. The lowest BCUT2D eigenvalue weighted by Gasteiger charge is -2.16. The lowest BCUT2D eigenvalue weighted by molar-refractivity contribution is 0.509. The van der Waals surface area contributed by atoms with Crippen LogP contribution >= 0.6 is 11.6 Å². The van der Waals surface area contributed by atoms with E-state index in [1.807, 2.05) is 25.1 Å². The van der Waals surface area contributed by atoms with Crippen LogP contribution in [-0.2, 0) is 9.84 Å². The third-order valence-electron chi connectivity index (χ3n) is 4.41. The average molecular weight is 422 g/mol. The molecule has 0 amide bonds. The van der Waals surface area contributed by atoms with Crippen LogP contribution in [0.4, 0.5) is 14.5 Å². The van der Waals surface area contributed by atoms with Crippen LogP contribution in [0.3, 0.4) is 0 Å². The van der Waals surface area contributed by atoms with E-state index in [0.29, 0.717) is 27.3 Å². The Hall–Kier alpha value is -2.44. The van der Waals surface area contributed by atoms with Crippen molar-refractivity contribution in [3.8, 4) is 22.3 Å². The zero-order valence-corrected chi connectivity index (χ0v) is 17.1. The maximum absolute atomic E-state index is 14.0. The minimum Gasteiger partial charge on any atom is -0.378 e. The summed E-state index contributed by atoms with van der Waals surface area (Å²) in [6.07, 6.45) is 1.11. The minimum absolute atomic E-state index is 0.147. The van der Waals surface area contributed by atoms with Gasteiger partial charge in [0.25, 0.3) is 0 Å². The van der Waals surface area contributed by atoms with Gasteiger partial charge in [0.1, 0.15) is 0 Å². The molecule has 3 nitrogen and oxygen atoms in total. The smallest absolute Gasteiger partial charge is 0.175 e. The summed E-state index contributed by atoms with van der Waals surface area (Å²) in [5.41, 5.74) is 2.80. The molecule has 3 aromatic carbocycles. The molecule has 28 heavy (non-hydrogen) atoms. The summed E-state index contributed by atoms with van der Waals surface area (Å²) in [5, 5.41) is 0.395. The monoisotopic (exact) mass is 421 g/mol. The molecule has 0 saturated heterocycles. The molecule has 0 aromatic heterocycles. The van der Waals surface area contributed by atoms with Crippen molar-refractivity contribution < 1.29 is 17.2 Å². The molecule has 0 aliphatic carbocycles. The lowest BCUT2D eigenvalue weighted by atomic mass is 9.94. The number of benzene rings is 3. The van der Waals surface area contributed by atoms with Gasteiger partial charge in [0.05, 0.1) is 9.92 Å². The van der Waals surface area contributed by atoms with E-state index in [0.717, 1.165) is 24.1 Å². The molecule has 146 valence electrons. The van der Waals surface area contributed by atoms with E-state index in [-0.39, 0.29) is 4.90 Å². The molecule has 0 saturated carbocycles. The molecular formula is C21H18ClF2NO2S. The van der Waals surface area contributed by atoms with E-state index in [4.69, 9.17) is 11.6 Å². The Bertz CT molecular complexity index is 1140. The fourth-order valence-electron chi connectivity index (χ4n) is 2.89. The summed E-state index contributed by atoms with van der Waals surface area (Å²) in [6.45, 7) is 0. The van der Waals surface area contributed by atoms with E-state index < -0.39 is 21.5 Å². The normalized spacial score (nSPS) is 11.5. The summed E-state index contributed by atoms with van der Waals surface area (Å²) in [4.78, 5) is 2.03. The van der Waals surface area contributed by atoms with Crippen molar-refractivity contribution in [3.05, 3.63) is 71.3 Å². The van der Waals surface area contributed by atoms with Crippen molar-refractivity contribution in [1.82, 2.24) is 0 Å². The Balaban J connectivity index is 2.20. The Morgan fingerprint density at radius 1 is 0.821 bits per heavy atom. The molecule has 7 heteroatoms. The van der Waals surface area contributed by atoms with Gasteiger partial charge in [0.15, 0.2) is 21.5 Å². The van der Waals surface area contributed by atoms with Crippen LogP contribution < -0.4 is 4.90 Å². The van der Waals surface area contributed by atoms with Gasteiger partial charge in [-0.05, 0) is 53.1 Å². The zero-order chi connectivity index (χ0) is 20.6. The summed E-state index contributed by atoms with van der Waals surface area (Å²) >= 11 is 6.42. The average Bonchev–Trinajstić information content (AvgIpc) is 2.63. The molecule has 0 radical (unpaired) electrons. The highest BCUT2D eigenvalue weighted by Crippen LogP contribution is 2.39. The second-order valence-corrected chi connectivity index (χ2v) is 9.09. The summed E-state index contributed by atoms with van der Waals surface area (Å²) in [7, 11) is 0.387. The number of sulfone groups is 1. The highest BCUT2D eigenvalue weighted by atomic mass is 35.5. The molecule has 0 spiro atoms. The van der Waals surface area contributed by atoms with Crippen LogP contribution in [-0.4, -0.2) is 28.8 Å². The lowest BCUT2D eigenvalue weighted by Crippen LogP contribution is -2.08. The SMILES string of the molecule is CN(C)c1ccc(-c2cc(F)c(F)cc2-c2ccc(S(C)(=O)=O)cc2)c(Cl)c1. The maximum atomic E-state index is 14.0. The summed E-state index contributed by atoms with van der Waals surface area (Å²) in [6, 6.07) is 13.5. The molecule has 0 unspecified atom stereocenters. The Morgan fingerprint density at radius 2 is 1.39 bits per heavy atom. The number of hydrogen-bond donors (Lipinski definition) is 0. The molecule has 0 aliphatic rings. The largest absolute Gasteiger partial charge is 0.378 e. The van der Waals surface area contributed by atoms with Gasteiger partial charge in [-0.3, -0.25) is 0 Å². The Morgan fingerprint density at radius 3 is 1.89 bits per heavy atom. The molecule has 0 bridgehead atoms. The van der Waals surface area contributed by atoms with Crippen molar-refractivity contribution >= 4 is 27.1 Å². The fraction of sp³-hybridized carbons (Fsp3) is 0.143. The minimum atomic E-state index is -3.36. The predicted octanol–water partition coefficient (Wildman–Crippen LogP) is 5.42. The molecular weight excluding hydrogens is 404 g/mol. The summed E-state index contributed by atoms with van der Waals surface area (Å²) < 4.78 is 51.3. The van der Waals surface area contributed by atoms with Crippen molar-refractivity contribution in [2.45, 2.75) is 4.90 Å². The van der Waals surface area contributed by atoms with Gasteiger partial charge >= 0.3 is 0 Å². The number of rotatable bonds is 4. The van der Waals surface area contributed by atoms with Gasteiger partial charge in [-0.25, -0.2) is 17.2 Å². The molecule has 0 heterocycles. The number of hydrogen-bond acceptors (Lipinski definition) is 3. The first kappa shape index (κ1) is 20.3. The van der Waals surface area contributed by atoms with E-state index in [9.17, 15) is 17.2 Å². The van der Waals surface area contributed by atoms with Gasteiger partial charge in [-0.1, -0.05) is 29.8 Å². The maximum Gasteiger partial charge on any atom is 0.175 e. The van der Waals surface area contributed by atoms with Gasteiger partial charge in [-0.2, -0.15) is 0 Å². The third-order valence-corrected chi connectivity index (χ3v) is 5.85. The molecule has 0 atom stereocenters. The van der Waals surface area contributed by atoms with E-state index in [1.54, 1.807) is 24.3 Å². The molecule has 3 aromatic rings. The van der Waals surface area contributed by atoms with Crippen molar-refractivity contribution in [2.24, 2.45) is 0 Å². The third kappa shape index (κ3) is 4.03. The Labute approximate surface area is 168 Å². The van der Waals surface area contributed by atoms with Gasteiger partial charge in [0, 0.05) is 31.6 Å². The molecule has 0 fully saturated rings. The van der Waals surface area contributed by atoms with E-state index in [1.165, 1.54) is 12.1 Å². The van der Waals surface area contributed by atoms with Crippen LogP contribution in [0, 0.1) is 11.6 Å². The van der Waals surface area contributed by atoms with Crippen LogP contribution in [0.25, 0.3) is 22.3 Å². The molecule has 0 aliphatic heterocycles. The first-order valence-electron chi connectivity index (χ1n) is 8.34. The topological polar surface area (TPSA) is 37.4 Å². The zero-order valence-electron chi connectivity index (χ0n) is 15.5. The van der Waals surface area contributed by atoms with Crippen LogP contribution in [0.5, 0.6) is 0 Å². The quantitative estimate of drug-likeness (QED) is 0.564. The first-order valence-corrected chi connectivity index (χ1v) is 10.6. The van der Waals surface area contributed by atoms with E-state index >= 15 is 0 Å². The second kappa shape index (κ2) is 7.53. The molecule has 3 rings (SSSR count). The van der Waals surface area contributed by atoms with Gasteiger partial charge in [0.2, 0.25) is 0 Å². The fourth-order valence-corrected chi connectivity index (χ4v) is 3.80. The van der Waals surface area contributed by atoms with Crippen LogP contribution in [0.2, 0.25) is 5.02 Å². The molecule has 0 N–H and O–H groups in total. The van der Waals surface area contributed by atoms with Crippen LogP contribution in [0.15, 0.2) is 59.5 Å². The number of halogens is 3. The van der Waals surface area contributed by atoms with Crippen molar-refractivity contribution in [3.63, 3.8) is 0 Å². The predicted molar refractivity (Wildman–Crippen MR) is 110 cm³/mol. The highest BCUT2D eigenvalue weighted by Gasteiger charge is 2.17. The van der Waals surface area contributed by atoms with Crippen molar-refractivity contribution in [2.75, 3.05) is 25.3 Å².